The van der Waals surface area contributed by atoms with Crippen LogP contribution < -0.4 is 5.32 Å². The molecule has 1 unspecified atom stereocenters. The van der Waals surface area contributed by atoms with E-state index in [0.29, 0.717) is 19.3 Å². The fourth-order valence-corrected chi connectivity index (χ4v) is 2.86. The predicted octanol–water partition coefficient (Wildman–Crippen LogP) is 3.31. The molecule has 0 bridgehead atoms. The Hall–Kier alpha value is -2.69. The van der Waals surface area contributed by atoms with E-state index in [0.717, 1.165) is 11.1 Å². The molecule has 2 aromatic rings. The molecule has 0 fully saturated rings. The van der Waals surface area contributed by atoms with Crippen molar-refractivity contribution in [3.63, 3.8) is 0 Å². The highest BCUT2D eigenvalue weighted by Crippen LogP contribution is 2.16. The molecule has 0 spiro atoms. The summed E-state index contributed by atoms with van der Waals surface area (Å²) in [5.41, 5.74) is 1.77. The topological polar surface area (TPSA) is 49.4 Å². The van der Waals surface area contributed by atoms with Crippen molar-refractivity contribution < 1.29 is 14.0 Å². The maximum atomic E-state index is 13.2. The molecule has 0 saturated carbocycles. The second-order valence-electron chi connectivity index (χ2n) is 6.22. The highest BCUT2D eigenvalue weighted by Gasteiger charge is 2.29. The van der Waals surface area contributed by atoms with Crippen LogP contribution in [0.5, 0.6) is 0 Å². The molecule has 1 N–H and O–H groups in total. The number of hydrogen-bond donors (Lipinski definition) is 1. The summed E-state index contributed by atoms with van der Waals surface area (Å²) in [5, 5.41) is 2.66. The van der Waals surface area contributed by atoms with E-state index >= 15 is 0 Å². The zero-order chi connectivity index (χ0) is 18.9. The Bertz CT molecular complexity index is 717. The van der Waals surface area contributed by atoms with Crippen molar-refractivity contribution in [3.8, 4) is 0 Å². The molecule has 2 rings (SSSR count). The van der Waals surface area contributed by atoms with Crippen LogP contribution in [0.1, 0.15) is 30.9 Å². The zero-order valence-corrected chi connectivity index (χ0v) is 15.2. The molecule has 5 heteroatoms. The summed E-state index contributed by atoms with van der Waals surface area (Å²) in [6, 6.07) is 15.0. The third-order valence-electron chi connectivity index (χ3n) is 4.25. The van der Waals surface area contributed by atoms with Gasteiger partial charge in [0.25, 0.3) is 0 Å². The quantitative estimate of drug-likeness (QED) is 0.789. The monoisotopic (exact) mass is 356 g/mol. The van der Waals surface area contributed by atoms with Crippen LogP contribution in [0.4, 0.5) is 4.39 Å². The maximum Gasteiger partial charge on any atom is 0.242 e. The minimum Gasteiger partial charge on any atom is -0.357 e. The number of benzene rings is 2. The van der Waals surface area contributed by atoms with Crippen LogP contribution in [0, 0.1) is 5.82 Å². The summed E-state index contributed by atoms with van der Waals surface area (Å²) in [4.78, 5) is 26.9. The first-order chi connectivity index (χ1) is 12.5. The van der Waals surface area contributed by atoms with Crippen LogP contribution in [-0.4, -0.2) is 29.8 Å². The van der Waals surface area contributed by atoms with Crippen molar-refractivity contribution in [1.29, 1.82) is 0 Å². The number of halogens is 1. The van der Waals surface area contributed by atoms with Gasteiger partial charge in [0.15, 0.2) is 0 Å². The highest BCUT2D eigenvalue weighted by molar-refractivity contribution is 5.87. The molecule has 0 radical (unpaired) electrons. The van der Waals surface area contributed by atoms with E-state index in [1.165, 1.54) is 12.1 Å². The standard InChI is InChI=1S/C21H25FN2O2/c1-3-7-20(25)24(15-17-10-12-18(22)13-11-17)19(21(26)23-2)14-16-8-5-4-6-9-16/h4-6,8-13,19H,3,7,14-15H2,1-2H3,(H,23,26). The van der Waals surface area contributed by atoms with Gasteiger partial charge in [-0.25, -0.2) is 4.39 Å². The van der Waals surface area contributed by atoms with Gasteiger partial charge in [-0.2, -0.15) is 0 Å². The molecule has 138 valence electrons. The normalized spacial score (nSPS) is 11.7. The predicted molar refractivity (Wildman–Crippen MR) is 99.9 cm³/mol. The lowest BCUT2D eigenvalue weighted by Crippen LogP contribution is -2.49. The number of carbonyl (C=O) groups is 2. The van der Waals surface area contributed by atoms with Crippen molar-refractivity contribution in [3.05, 3.63) is 71.5 Å². The SMILES string of the molecule is CCCC(=O)N(Cc1ccc(F)cc1)C(Cc1ccccc1)C(=O)NC. The number of hydrogen-bond acceptors (Lipinski definition) is 2. The van der Waals surface area contributed by atoms with Crippen molar-refractivity contribution >= 4 is 11.8 Å². The van der Waals surface area contributed by atoms with Crippen LogP contribution in [0.15, 0.2) is 54.6 Å². The van der Waals surface area contributed by atoms with Crippen molar-refractivity contribution in [1.82, 2.24) is 10.2 Å². The molecule has 2 aromatic carbocycles. The second kappa shape index (κ2) is 9.70. The minimum absolute atomic E-state index is 0.0821. The first-order valence-corrected chi connectivity index (χ1v) is 8.84. The molecule has 0 heterocycles. The zero-order valence-electron chi connectivity index (χ0n) is 15.2. The molecule has 4 nitrogen and oxygen atoms in total. The van der Waals surface area contributed by atoms with E-state index in [9.17, 15) is 14.0 Å². The Balaban J connectivity index is 2.31. The lowest BCUT2D eigenvalue weighted by molar-refractivity contribution is -0.141. The summed E-state index contributed by atoms with van der Waals surface area (Å²) >= 11 is 0. The molecular weight excluding hydrogens is 331 g/mol. The Labute approximate surface area is 154 Å². The molecule has 2 amide bonds. The summed E-state index contributed by atoms with van der Waals surface area (Å²) in [6.45, 7) is 2.20. The van der Waals surface area contributed by atoms with Crippen LogP contribution in [0.25, 0.3) is 0 Å². The number of nitrogens with zero attached hydrogens (tertiary/aromatic N) is 1. The largest absolute Gasteiger partial charge is 0.357 e. The van der Waals surface area contributed by atoms with Crippen molar-refractivity contribution in [2.75, 3.05) is 7.05 Å². The number of nitrogens with one attached hydrogen (secondary N) is 1. The molecular formula is C21H25FN2O2. The van der Waals surface area contributed by atoms with Crippen LogP contribution in [0.2, 0.25) is 0 Å². The fraction of sp³-hybridized carbons (Fsp3) is 0.333. The lowest BCUT2D eigenvalue weighted by atomic mass is 10.0. The molecule has 0 aliphatic heterocycles. The second-order valence-corrected chi connectivity index (χ2v) is 6.22. The minimum atomic E-state index is -0.619. The van der Waals surface area contributed by atoms with Crippen molar-refractivity contribution in [2.45, 2.75) is 38.8 Å². The van der Waals surface area contributed by atoms with Gasteiger partial charge in [-0.05, 0) is 29.7 Å². The molecule has 0 aromatic heterocycles. The van der Waals surface area contributed by atoms with Gasteiger partial charge in [-0.3, -0.25) is 9.59 Å². The van der Waals surface area contributed by atoms with Crippen LogP contribution in [-0.2, 0) is 22.6 Å². The van der Waals surface area contributed by atoms with Gasteiger partial charge in [0.1, 0.15) is 11.9 Å². The summed E-state index contributed by atoms with van der Waals surface area (Å²) in [7, 11) is 1.57. The van der Waals surface area contributed by atoms with E-state index in [4.69, 9.17) is 0 Å². The molecule has 0 saturated heterocycles. The van der Waals surface area contributed by atoms with Gasteiger partial charge in [-0.15, -0.1) is 0 Å². The van der Waals surface area contributed by atoms with Gasteiger partial charge in [-0.1, -0.05) is 49.4 Å². The van der Waals surface area contributed by atoms with Crippen LogP contribution in [0.3, 0.4) is 0 Å². The molecule has 0 aliphatic rings. The Morgan fingerprint density at radius 2 is 1.69 bits per heavy atom. The summed E-state index contributed by atoms with van der Waals surface area (Å²) in [5.74, 6) is -0.617. The Morgan fingerprint density at radius 1 is 1.04 bits per heavy atom. The van der Waals surface area contributed by atoms with Gasteiger partial charge >= 0.3 is 0 Å². The third-order valence-corrected chi connectivity index (χ3v) is 4.25. The number of rotatable bonds is 8. The first-order valence-electron chi connectivity index (χ1n) is 8.84. The highest BCUT2D eigenvalue weighted by atomic mass is 19.1. The van der Waals surface area contributed by atoms with E-state index < -0.39 is 6.04 Å². The van der Waals surface area contributed by atoms with E-state index in [1.807, 2.05) is 37.3 Å². The van der Waals surface area contributed by atoms with E-state index in [1.54, 1.807) is 24.1 Å². The average Bonchev–Trinajstić information content (AvgIpc) is 2.66. The number of carbonyl (C=O) groups excluding carboxylic acids is 2. The summed E-state index contributed by atoms with van der Waals surface area (Å²) < 4.78 is 13.2. The fourth-order valence-electron chi connectivity index (χ4n) is 2.86. The van der Waals surface area contributed by atoms with Crippen LogP contribution >= 0.6 is 0 Å². The molecule has 0 aliphatic carbocycles. The van der Waals surface area contributed by atoms with Gasteiger partial charge in [0.05, 0.1) is 0 Å². The lowest BCUT2D eigenvalue weighted by Gasteiger charge is -2.31. The van der Waals surface area contributed by atoms with E-state index in [-0.39, 0.29) is 24.2 Å². The van der Waals surface area contributed by atoms with E-state index in [2.05, 4.69) is 5.32 Å². The smallest absolute Gasteiger partial charge is 0.242 e. The van der Waals surface area contributed by atoms with Gasteiger partial charge in [0.2, 0.25) is 11.8 Å². The maximum absolute atomic E-state index is 13.2. The number of likely N-dealkylation sites (N-methyl/N-ethyl adjacent to an activating group) is 1. The van der Waals surface area contributed by atoms with Gasteiger partial charge in [0, 0.05) is 26.4 Å². The molecule has 26 heavy (non-hydrogen) atoms. The van der Waals surface area contributed by atoms with Crippen molar-refractivity contribution in [2.24, 2.45) is 0 Å². The third kappa shape index (κ3) is 5.41. The number of amides is 2. The Morgan fingerprint density at radius 3 is 2.27 bits per heavy atom. The Kier molecular flexibility index (Phi) is 7.33. The first kappa shape index (κ1) is 19.6. The summed E-state index contributed by atoms with van der Waals surface area (Å²) in [6.07, 6.45) is 1.49. The van der Waals surface area contributed by atoms with Gasteiger partial charge < -0.3 is 10.2 Å². The average molecular weight is 356 g/mol. The molecule has 1 atom stereocenters.